The van der Waals surface area contributed by atoms with Gasteiger partial charge in [-0.25, -0.2) is 0 Å². The summed E-state index contributed by atoms with van der Waals surface area (Å²) in [6, 6.07) is 15.3. The molecule has 2 aliphatic rings. The normalized spacial score (nSPS) is 23.9. The van der Waals surface area contributed by atoms with Crippen molar-refractivity contribution in [2.24, 2.45) is 0 Å². The van der Waals surface area contributed by atoms with Gasteiger partial charge in [0, 0.05) is 11.1 Å². The minimum Gasteiger partial charge on any atom is -0.383 e. The maximum Gasteiger partial charge on any atom is 0.193 e. The van der Waals surface area contributed by atoms with Crippen LogP contribution in [0.4, 0.5) is 0 Å². The molecular formula is C20H20O2S2. The fourth-order valence-electron chi connectivity index (χ4n) is 3.68. The first kappa shape index (κ1) is 16.2. The molecule has 124 valence electrons. The highest BCUT2D eigenvalue weighted by molar-refractivity contribution is 8.17. The number of carbonyl (C=O) groups excluding carboxylic acids is 1. The molecule has 4 rings (SSSR count). The fourth-order valence-corrected chi connectivity index (χ4v) is 6.91. The Morgan fingerprint density at radius 3 is 2.54 bits per heavy atom. The molecule has 1 aliphatic heterocycles. The van der Waals surface area contributed by atoms with E-state index in [0.29, 0.717) is 12.0 Å². The number of aliphatic hydroxyl groups is 1. The van der Waals surface area contributed by atoms with Gasteiger partial charge in [0.2, 0.25) is 0 Å². The molecule has 2 nitrogen and oxygen atoms in total. The summed E-state index contributed by atoms with van der Waals surface area (Å²) in [5, 5.41) is 11.4. The first-order chi connectivity index (χ1) is 11.7. The number of rotatable bonds is 3. The Bertz CT molecular complexity index is 753. The Balaban J connectivity index is 1.72. The van der Waals surface area contributed by atoms with Gasteiger partial charge in [-0.15, -0.1) is 23.5 Å². The molecule has 4 heteroatoms. The summed E-state index contributed by atoms with van der Waals surface area (Å²) in [4.78, 5) is 12.9. The zero-order chi connectivity index (χ0) is 16.6. The molecule has 2 aromatic rings. The molecule has 2 aromatic carbocycles. The number of hydrogen-bond acceptors (Lipinski definition) is 4. The van der Waals surface area contributed by atoms with Gasteiger partial charge >= 0.3 is 0 Å². The Morgan fingerprint density at radius 1 is 1.04 bits per heavy atom. The van der Waals surface area contributed by atoms with Crippen LogP contribution >= 0.6 is 23.5 Å². The Labute approximate surface area is 151 Å². The standard InChI is InChI=1S/C20H20O2S2/c21-18(14-6-2-1-3-7-14)16-8-4-9-17-15(16)10-11-20(17,22)19-23-12-5-13-24-19/h1-4,6-9,19,22H,5,10-13H2. The third-order valence-electron chi connectivity index (χ3n) is 4.90. The van der Waals surface area contributed by atoms with Crippen LogP contribution in [0, 0.1) is 0 Å². The summed E-state index contributed by atoms with van der Waals surface area (Å²) < 4.78 is 0.176. The van der Waals surface area contributed by atoms with E-state index in [1.165, 1.54) is 6.42 Å². The lowest BCUT2D eigenvalue weighted by atomic mass is 9.93. The van der Waals surface area contributed by atoms with Gasteiger partial charge in [0.1, 0.15) is 5.60 Å². The second-order valence-corrected chi connectivity index (χ2v) is 9.10. The second-order valence-electron chi connectivity index (χ2n) is 6.38. The number of benzene rings is 2. The van der Waals surface area contributed by atoms with E-state index in [1.807, 2.05) is 72.1 Å². The monoisotopic (exact) mass is 356 g/mol. The molecule has 1 heterocycles. The average molecular weight is 357 g/mol. The minimum absolute atomic E-state index is 0.0562. The van der Waals surface area contributed by atoms with Crippen molar-refractivity contribution >= 4 is 29.3 Å². The Hall–Kier alpha value is -1.23. The van der Waals surface area contributed by atoms with E-state index in [-0.39, 0.29) is 10.4 Å². The zero-order valence-corrected chi connectivity index (χ0v) is 15.0. The summed E-state index contributed by atoms with van der Waals surface area (Å²) in [5.74, 6) is 2.27. The fraction of sp³-hybridized carbons (Fsp3) is 0.350. The summed E-state index contributed by atoms with van der Waals surface area (Å²) in [6.45, 7) is 0. The van der Waals surface area contributed by atoms with Crippen LogP contribution in [0.5, 0.6) is 0 Å². The van der Waals surface area contributed by atoms with Gasteiger partial charge in [-0.2, -0.15) is 0 Å². The van der Waals surface area contributed by atoms with E-state index in [9.17, 15) is 9.90 Å². The van der Waals surface area contributed by atoms with Crippen molar-refractivity contribution in [1.82, 2.24) is 0 Å². The predicted octanol–water partition coefficient (Wildman–Crippen LogP) is 4.25. The van der Waals surface area contributed by atoms with Crippen molar-refractivity contribution in [1.29, 1.82) is 0 Å². The molecule has 0 radical (unpaired) electrons. The van der Waals surface area contributed by atoms with Crippen LogP contribution < -0.4 is 0 Å². The molecule has 1 unspecified atom stereocenters. The number of hydrogen-bond donors (Lipinski definition) is 1. The molecule has 1 aliphatic carbocycles. The van der Waals surface area contributed by atoms with Gasteiger partial charge in [-0.05, 0) is 41.9 Å². The van der Waals surface area contributed by atoms with Crippen molar-refractivity contribution in [2.45, 2.75) is 29.4 Å². The topological polar surface area (TPSA) is 37.3 Å². The lowest BCUT2D eigenvalue weighted by Crippen LogP contribution is -2.35. The summed E-state index contributed by atoms with van der Waals surface area (Å²) in [7, 11) is 0. The van der Waals surface area contributed by atoms with E-state index < -0.39 is 5.60 Å². The lowest BCUT2D eigenvalue weighted by Gasteiger charge is -2.35. The molecule has 0 spiro atoms. The van der Waals surface area contributed by atoms with Crippen LogP contribution in [0.3, 0.4) is 0 Å². The van der Waals surface area contributed by atoms with E-state index in [4.69, 9.17) is 0 Å². The maximum absolute atomic E-state index is 12.9. The Kier molecular flexibility index (Phi) is 4.46. The first-order valence-corrected chi connectivity index (χ1v) is 10.5. The van der Waals surface area contributed by atoms with Gasteiger partial charge in [0.05, 0.1) is 4.58 Å². The van der Waals surface area contributed by atoms with E-state index in [1.54, 1.807) is 0 Å². The third-order valence-corrected chi connectivity index (χ3v) is 8.15. The Morgan fingerprint density at radius 2 is 1.79 bits per heavy atom. The van der Waals surface area contributed by atoms with Crippen LogP contribution in [-0.2, 0) is 12.0 Å². The van der Waals surface area contributed by atoms with E-state index in [0.717, 1.165) is 34.6 Å². The van der Waals surface area contributed by atoms with Crippen LogP contribution in [0.1, 0.15) is 39.9 Å². The van der Waals surface area contributed by atoms with Crippen molar-refractivity contribution in [3.8, 4) is 0 Å². The number of fused-ring (bicyclic) bond motifs is 1. The van der Waals surface area contributed by atoms with Crippen molar-refractivity contribution in [3.63, 3.8) is 0 Å². The molecule has 0 amide bonds. The maximum atomic E-state index is 12.9. The van der Waals surface area contributed by atoms with Crippen molar-refractivity contribution in [2.75, 3.05) is 11.5 Å². The van der Waals surface area contributed by atoms with E-state index in [2.05, 4.69) is 0 Å². The molecule has 0 saturated carbocycles. The van der Waals surface area contributed by atoms with Gasteiger partial charge in [-0.3, -0.25) is 4.79 Å². The summed E-state index contributed by atoms with van der Waals surface area (Å²) in [5.41, 5.74) is 2.66. The highest BCUT2D eigenvalue weighted by atomic mass is 32.2. The molecule has 24 heavy (non-hydrogen) atoms. The van der Waals surface area contributed by atoms with Crippen LogP contribution in [0.2, 0.25) is 0 Å². The summed E-state index contributed by atoms with van der Waals surface area (Å²) in [6.07, 6.45) is 2.70. The van der Waals surface area contributed by atoms with Gasteiger partial charge in [0.15, 0.2) is 5.78 Å². The van der Waals surface area contributed by atoms with Crippen LogP contribution in [0.25, 0.3) is 0 Å². The lowest BCUT2D eigenvalue weighted by molar-refractivity contribution is 0.0564. The van der Waals surface area contributed by atoms with Gasteiger partial charge in [0.25, 0.3) is 0 Å². The molecule has 0 aromatic heterocycles. The molecule has 0 bridgehead atoms. The highest BCUT2D eigenvalue weighted by Crippen LogP contribution is 2.50. The quantitative estimate of drug-likeness (QED) is 0.835. The largest absolute Gasteiger partial charge is 0.383 e. The van der Waals surface area contributed by atoms with Crippen LogP contribution in [0.15, 0.2) is 48.5 Å². The molecule has 1 saturated heterocycles. The van der Waals surface area contributed by atoms with Gasteiger partial charge in [-0.1, -0.05) is 48.5 Å². The molecular weight excluding hydrogens is 336 g/mol. The summed E-state index contributed by atoms with van der Waals surface area (Å²) >= 11 is 3.72. The molecule has 1 fully saturated rings. The average Bonchev–Trinajstić information content (AvgIpc) is 3.01. The van der Waals surface area contributed by atoms with Crippen molar-refractivity contribution in [3.05, 3.63) is 70.8 Å². The SMILES string of the molecule is O=C(c1ccccc1)c1cccc2c1CCC2(O)C1SCCCS1. The first-order valence-electron chi connectivity index (χ1n) is 8.38. The van der Waals surface area contributed by atoms with Gasteiger partial charge < -0.3 is 5.11 Å². The smallest absolute Gasteiger partial charge is 0.193 e. The molecule has 1 N–H and O–H groups in total. The third kappa shape index (κ3) is 2.71. The van der Waals surface area contributed by atoms with Crippen molar-refractivity contribution < 1.29 is 9.90 Å². The second kappa shape index (κ2) is 6.58. The number of thioether (sulfide) groups is 2. The molecule has 1 atom stereocenters. The van der Waals surface area contributed by atoms with Crippen LogP contribution in [-0.4, -0.2) is 27.0 Å². The number of ketones is 1. The number of carbonyl (C=O) groups is 1. The predicted molar refractivity (Wildman–Crippen MR) is 102 cm³/mol. The minimum atomic E-state index is -0.807. The van der Waals surface area contributed by atoms with E-state index >= 15 is 0 Å². The zero-order valence-electron chi connectivity index (χ0n) is 13.4. The highest BCUT2D eigenvalue weighted by Gasteiger charge is 2.45.